The van der Waals surface area contributed by atoms with Crippen molar-refractivity contribution >= 4 is 15.9 Å². The lowest BCUT2D eigenvalue weighted by atomic mass is 9.97. The van der Waals surface area contributed by atoms with Crippen LogP contribution in [0.1, 0.15) is 17.2 Å². The normalized spacial score (nSPS) is 12.3. The standard InChI is InChI=1S/C15H13BrF3NO/c1-20-15(8-5-11(17)14(19)12(18)6-8)10-7-9(16)3-4-13(10)21-2/h3-7,15,20H,1-2H3. The third kappa shape index (κ3) is 3.22. The van der Waals surface area contributed by atoms with E-state index in [1.807, 2.05) is 0 Å². The van der Waals surface area contributed by atoms with Gasteiger partial charge in [0, 0.05) is 10.0 Å². The first-order chi connectivity index (χ1) is 9.97. The van der Waals surface area contributed by atoms with E-state index in [-0.39, 0.29) is 5.56 Å². The number of halogens is 4. The third-order valence-electron chi connectivity index (χ3n) is 3.13. The maximum Gasteiger partial charge on any atom is 0.194 e. The zero-order chi connectivity index (χ0) is 15.6. The molecule has 1 N–H and O–H groups in total. The molecule has 0 saturated carbocycles. The molecule has 0 aliphatic heterocycles. The van der Waals surface area contributed by atoms with Crippen molar-refractivity contribution < 1.29 is 17.9 Å². The zero-order valence-corrected chi connectivity index (χ0v) is 13.0. The minimum Gasteiger partial charge on any atom is -0.496 e. The Labute approximate surface area is 129 Å². The Balaban J connectivity index is 2.57. The van der Waals surface area contributed by atoms with E-state index >= 15 is 0 Å². The van der Waals surface area contributed by atoms with E-state index in [4.69, 9.17) is 4.74 Å². The highest BCUT2D eigenvalue weighted by molar-refractivity contribution is 9.10. The summed E-state index contributed by atoms with van der Waals surface area (Å²) in [5, 5.41) is 2.95. The van der Waals surface area contributed by atoms with Gasteiger partial charge in [-0.15, -0.1) is 0 Å². The predicted molar refractivity (Wildman–Crippen MR) is 77.9 cm³/mol. The van der Waals surface area contributed by atoms with Crippen molar-refractivity contribution in [1.82, 2.24) is 5.32 Å². The Bertz CT molecular complexity index is 640. The molecule has 2 aromatic carbocycles. The molecule has 0 saturated heterocycles. The molecule has 1 unspecified atom stereocenters. The smallest absolute Gasteiger partial charge is 0.194 e. The lowest BCUT2D eigenvalue weighted by Crippen LogP contribution is -2.19. The van der Waals surface area contributed by atoms with E-state index < -0.39 is 23.5 Å². The van der Waals surface area contributed by atoms with Crippen LogP contribution >= 0.6 is 15.9 Å². The fourth-order valence-corrected chi connectivity index (χ4v) is 2.55. The third-order valence-corrected chi connectivity index (χ3v) is 3.62. The van der Waals surface area contributed by atoms with Gasteiger partial charge >= 0.3 is 0 Å². The second-order valence-corrected chi connectivity index (χ2v) is 5.32. The second-order valence-electron chi connectivity index (χ2n) is 4.41. The Kier molecular flexibility index (Phi) is 4.90. The first-order valence-electron chi connectivity index (χ1n) is 6.13. The topological polar surface area (TPSA) is 21.3 Å². The van der Waals surface area contributed by atoms with Crippen molar-refractivity contribution in [3.63, 3.8) is 0 Å². The highest BCUT2D eigenvalue weighted by Crippen LogP contribution is 2.33. The molecule has 2 rings (SSSR count). The summed E-state index contributed by atoms with van der Waals surface area (Å²) in [5.41, 5.74) is 0.949. The van der Waals surface area contributed by atoms with Crippen LogP contribution in [0, 0.1) is 17.5 Å². The number of hydrogen-bond acceptors (Lipinski definition) is 2. The molecule has 0 spiro atoms. The maximum atomic E-state index is 13.4. The minimum absolute atomic E-state index is 0.269. The van der Waals surface area contributed by atoms with Gasteiger partial charge in [-0.05, 0) is 42.9 Å². The van der Waals surface area contributed by atoms with Gasteiger partial charge in [0.05, 0.1) is 13.2 Å². The van der Waals surface area contributed by atoms with E-state index in [0.717, 1.165) is 16.6 Å². The van der Waals surface area contributed by atoms with Crippen LogP contribution in [-0.4, -0.2) is 14.2 Å². The molecule has 0 aliphatic carbocycles. The molecule has 0 radical (unpaired) electrons. The van der Waals surface area contributed by atoms with Gasteiger partial charge in [0.25, 0.3) is 0 Å². The van der Waals surface area contributed by atoms with Crippen LogP contribution in [0.5, 0.6) is 5.75 Å². The average molecular weight is 360 g/mol. The summed E-state index contributed by atoms with van der Waals surface area (Å²) in [6.45, 7) is 0. The summed E-state index contributed by atoms with van der Waals surface area (Å²) in [6, 6.07) is 6.71. The highest BCUT2D eigenvalue weighted by Gasteiger charge is 2.20. The molecule has 0 bridgehead atoms. The van der Waals surface area contributed by atoms with Crippen LogP contribution in [0.4, 0.5) is 13.2 Å². The number of hydrogen-bond donors (Lipinski definition) is 1. The van der Waals surface area contributed by atoms with Crippen LogP contribution in [0.3, 0.4) is 0 Å². The van der Waals surface area contributed by atoms with Crippen molar-refractivity contribution in [1.29, 1.82) is 0 Å². The van der Waals surface area contributed by atoms with Gasteiger partial charge < -0.3 is 10.1 Å². The SMILES string of the molecule is CNC(c1cc(F)c(F)c(F)c1)c1cc(Br)ccc1OC. The zero-order valence-electron chi connectivity index (χ0n) is 11.4. The number of ether oxygens (including phenoxy) is 1. The lowest BCUT2D eigenvalue weighted by Gasteiger charge is -2.20. The second kappa shape index (κ2) is 6.49. The lowest BCUT2D eigenvalue weighted by molar-refractivity contribution is 0.404. The Morgan fingerprint density at radius 2 is 1.71 bits per heavy atom. The van der Waals surface area contributed by atoms with Gasteiger partial charge in [0.1, 0.15) is 5.75 Å². The van der Waals surface area contributed by atoms with Crippen LogP contribution in [0.25, 0.3) is 0 Å². The first kappa shape index (κ1) is 15.9. The molecular weight excluding hydrogens is 347 g/mol. The molecule has 2 nitrogen and oxygen atoms in total. The van der Waals surface area contributed by atoms with E-state index in [1.54, 1.807) is 25.2 Å². The molecule has 0 aliphatic rings. The van der Waals surface area contributed by atoms with Gasteiger partial charge in [-0.2, -0.15) is 0 Å². The van der Waals surface area contributed by atoms with Gasteiger partial charge in [0.2, 0.25) is 0 Å². The van der Waals surface area contributed by atoms with Crippen LogP contribution in [0.2, 0.25) is 0 Å². The first-order valence-corrected chi connectivity index (χ1v) is 6.92. The van der Waals surface area contributed by atoms with Gasteiger partial charge in [-0.1, -0.05) is 15.9 Å². The molecule has 1 atom stereocenters. The fraction of sp³-hybridized carbons (Fsp3) is 0.200. The van der Waals surface area contributed by atoms with Crippen molar-refractivity contribution in [2.24, 2.45) is 0 Å². The predicted octanol–water partition coefficient (Wildman–Crippen LogP) is 4.18. The number of benzene rings is 2. The van der Waals surface area contributed by atoms with Crippen molar-refractivity contribution in [2.75, 3.05) is 14.2 Å². The Morgan fingerprint density at radius 1 is 1.10 bits per heavy atom. The molecule has 0 amide bonds. The molecule has 2 aromatic rings. The molecule has 0 aromatic heterocycles. The highest BCUT2D eigenvalue weighted by atomic mass is 79.9. The summed E-state index contributed by atoms with van der Waals surface area (Å²) in [5.74, 6) is -3.36. The summed E-state index contributed by atoms with van der Waals surface area (Å²) in [4.78, 5) is 0. The van der Waals surface area contributed by atoms with Crippen LogP contribution in [0.15, 0.2) is 34.8 Å². The van der Waals surface area contributed by atoms with Crippen molar-refractivity contribution in [3.8, 4) is 5.75 Å². The number of rotatable bonds is 4. The van der Waals surface area contributed by atoms with E-state index in [9.17, 15) is 13.2 Å². The molecule has 0 fully saturated rings. The number of nitrogens with one attached hydrogen (secondary N) is 1. The fourth-order valence-electron chi connectivity index (χ4n) is 2.17. The molecular formula is C15H13BrF3NO. The van der Waals surface area contributed by atoms with Gasteiger partial charge in [-0.25, -0.2) is 13.2 Å². The Hall–Kier alpha value is -1.53. The largest absolute Gasteiger partial charge is 0.496 e. The summed E-state index contributed by atoms with van der Waals surface area (Å²) < 4.78 is 46.0. The monoisotopic (exact) mass is 359 g/mol. The van der Waals surface area contributed by atoms with Crippen molar-refractivity contribution in [2.45, 2.75) is 6.04 Å². The van der Waals surface area contributed by atoms with Crippen LogP contribution in [-0.2, 0) is 0 Å². The van der Waals surface area contributed by atoms with Crippen molar-refractivity contribution in [3.05, 3.63) is 63.4 Å². The molecule has 0 heterocycles. The minimum atomic E-state index is -1.48. The van der Waals surface area contributed by atoms with Gasteiger partial charge in [-0.3, -0.25) is 0 Å². The number of methoxy groups -OCH3 is 1. The Morgan fingerprint density at radius 3 is 2.24 bits per heavy atom. The average Bonchev–Trinajstić information content (AvgIpc) is 2.46. The molecule has 6 heteroatoms. The van der Waals surface area contributed by atoms with Crippen LogP contribution < -0.4 is 10.1 Å². The summed E-state index contributed by atoms with van der Waals surface area (Å²) in [7, 11) is 3.15. The van der Waals surface area contributed by atoms with Gasteiger partial charge in [0.15, 0.2) is 17.5 Å². The van der Waals surface area contributed by atoms with E-state index in [2.05, 4.69) is 21.2 Å². The quantitative estimate of drug-likeness (QED) is 0.826. The van der Waals surface area contributed by atoms with E-state index in [1.165, 1.54) is 7.11 Å². The summed E-state index contributed by atoms with van der Waals surface area (Å²) >= 11 is 3.34. The maximum absolute atomic E-state index is 13.4. The summed E-state index contributed by atoms with van der Waals surface area (Å²) in [6.07, 6.45) is 0. The molecule has 112 valence electrons. The van der Waals surface area contributed by atoms with E-state index in [0.29, 0.717) is 11.3 Å². The molecule has 21 heavy (non-hydrogen) atoms.